The van der Waals surface area contributed by atoms with Crippen molar-refractivity contribution < 1.29 is 18.0 Å². The van der Waals surface area contributed by atoms with Crippen molar-refractivity contribution in [3.63, 3.8) is 0 Å². The fourth-order valence-corrected chi connectivity index (χ4v) is 7.55. The summed E-state index contributed by atoms with van der Waals surface area (Å²) in [6.45, 7) is 2.95. The largest absolute Gasteiger partial charge is 0.299 e. The second-order valence-electron chi connectivity index (χ2n) is 9.58. The quantitative estimate of drug-likeness (QED) is 0.498. The van der Waals surface area contributed by atoms with Crippen LogP contribution in [0.3, 0.4) is 0 Å². The maximum absolute atomic E-state index is 13.2. The summed E-state index contributed by atoms with van der Waals surface area (Å²) in [7, 11) is -3.56. The number of likely N-dealkylation sites (tertiary alicyclic amines) is 1. The normalized spacial score (nSPS) is 30.0. The monoisotopic (exact) mass is 465 g/mol. The van der Waals surface area contributed by atoms with E-state index >= 15 is 0 Å². The molecule has 2 aromatic carbocycles. The van der Waals surface area contributed by atoms with E-state index in [9.17, 15) is 18.0 Å². The molecule has 0 spiro atoms. The van der Waals surface area contributed by atoms with E-state index in [0.29, 0.717) is 44.2 Å². The third kappa shape index (κ3) is 3.34. The molecule has 7 nitrogen and oxygen atoms in total. The van der Waals surface area contributed by atoms with Crippen LogP contribution < -0.4 is 0 Å². The van der Waals surface area contributed by atoms with Crippen molar-refractivity contribution in [3.8, 4) is 0 Å². The summed E-state index contributed by atoms with van der Waals surface area (Å²) in [6, 6.07) is 13.0. The molecule has 0 N–H and O–H groups in total. The van der Waals surface area contributed by atoms with Gasteiger partial charge >= 0.3 is 0 Å². The summed E-state index contributed by atoms with van der Waals surface area (Å²) >= 11 is 0. The molecule has 172 valence electrons. The van der Waals surface area contributed by atoms with Crippen molar-refractivity contribution in [2.45, 2.75) is 11.3 Å². The highest BCUT2D eigenvalue weighted by atomic mass is 32.2. The van der Waals surface area contributed by atoms with Gasteiger partial charge in [-0.3, -0.25) is 19.4 Å². The summed E-state index contributed by atoms with van der Waals surface area (Å²) in [4.78, 5) is 29.6. The van der Waals surface area contributed by atoms with Gasteiger partial charge in [0.15, 0.2) is 0 Å². The summed E-state index contributed by atoms with van der Waals surface area (Å²) in [5.41, 5.74) is 0. The van der Waals surface area contributed by atoms with E-state index < -0.39 is 10.0 Å². The lowest BCUT2D eigenvalue weighted by Gasteiger charge is -2.34. The molecule has 0 aromatic heterocycles. The summed E-state index contributed by atoms with van der Waals surface area (Å²) in [5, 5.41) is 1.92. The lowest BCUT2D eigenvalue weighted by molar-refractivity contribution is -0.140. The zero-order chi connectivity index (χ0) is 22.7. The van der Waals surface area contributed by atoms with Crippen LogP contribution in [0.2, 0.25) is 0 Å². The van der Waals surface area contributed by atoms with Gasteiger partial charge < -0.3 is 0 Å². The van der Waals surface area contributed by atoms with Crippen molar-refractivity contribution in [3.05, 3.63) is 54.6 Å². The van der Waals surface area contributed by atoms with Gasteiger partial charge in [0, 0.05) is 39.3 Å². The Bertz CT molecular complexity index is 1240. The molecule has 3 fully saturated rings. The van der Waals surface area contributed by atoms with Crippen LogP contribution in [0.1, 0.15) is 6.42 Å². The smallest absolute Gasteiger partial charge is 0.243 e. The minimum absolute atomic E-state index is 0.0145. The molecule has 4 aliphatic rings. The molecule has 0 unspecified atom stereocenters. The molecule has 4 atom stereocenters. The number of piperazine rings is 1. The van der Waals surface area contributed by atoms with Crippen molar-refractivity contribution in [1.29, 1.82) is 0 Å². The lowest BCUT2D eigenvalue weighted by Crippen LogP contribution is -2.50. The van der Waals surface area contributed by atoms with Crippen LogP contribution in [-0.2, 0) is 19.6 Å². The molecule has 2 aromatic rings. The first kappa shape index (κ1) is 21.0. The molecule has 2 aliphatic heterocycles. The Kier molecular flexibility index (Phi) is 4.94. The van der Waals surface area contributed by atoms with Crippen molar-refractivity contribution in [2.75, 3.05) is 39.3 Å². The van der Waals surface area contributed by atoms with Crippen molar-refractivity contribution in [1.82, 2.24) is 14.1 Å². The molecule has 2 bridgehead atoms. The van der Waals surface area contributed by atoms with Crippen LogP contribution in [0.15, 0.2) is 59.5 Å². The van der Waals surface area contributed by atoms with Gasteiger partial charge in [0.1, 0.15) is 0 Å². The number of hydrogen-bond acceptors (Lipinski definition) is 5. The summed E-state index contributed by atoms with van der Waals surface area (Å²) in [6.07, 6.45) is 5.15. The van der Waals surface area contributed by atoms with Gasteiger partial charge in [0.25, 0.3) is 0 Å². The molecule has 33 heavy (non-hydrogen) atoms. The number of nitrogens with zero attached hydrogens (tertiary/aromatic N) is 3. The number of allylic oxidation sites excluding steroid dienone is 2. The van der Waals surface area contributed by atoms with Crippen LogP contribution >= 0.6 is 0 Å². The lowest BCUT2D eigenvalue weighted by atomic mass is 9.85. The topological polar surface area (TPSA) is 78.0 Å². The van der Waals surface area contributed by atoms with Gasteiger partial charge in [0.2, 0.25) is 21.8 Å². The second kappa shape index (κ2) is 7.75. The summed E-state index contributed by atoms with van der Waals surface area (Å²) < 4.78 is 27.9. The predicted molar refractivity (Wildman–Crippen MR) is 124 cm³/mol. The van der Waals surface area contributed by atoms with Crippen LogP contribution in [-0.4, -0.2) is 73.6 Å². The van der Waals surface area contributed by atoms with E-state index in [2.05, 4.69) is 17.1 Å². The van der Waals surface area contributed by atoms with Crippen LogP contribution in [0, 0.1) is 23.7 Å². The Morgan fingerprint density at radius 2 is 1.42 bits per heavy atom. The van der Waals surface area contributed by atoms with Crippen LogP contribution in [0.5, 0.6) is 0 Å². The third-order valence-electron chi connectivity index (χ3n) is 7.89. The Hall–Kier alpha value is -2.55. The fourth-order valence-electron chi connectivity index (χ4n) is 6.10. The summed E-state index contributed by atoms with van der Waals surface area (Å²) in [5.74, 6) is 0.113. The first-order chi connectivity index (χ1) is 15.9. The number of fused-ring (bicyclic) bond motifs is 6. The molecule has 0 radical (unpaired) electrons. The predicted octanol–water partition coefficient (Wildman–Crippen LogP) is 1.95. The highest BCUT2D eigenvalue weighted by Gasteiger charge is 2.59. The Morgan fingerprint density at radius 3 is 2.09 bits per heavy atom. The highest BCUT2D eigenvalue weighted by molar-refractivity contribution is 7.89. The average molecular weight is 466 g/mol. The average Bonchev–Trinajstić information content (AvgIpc) is 3.52. The van der Waals surface area contributed by atoms with E-state index in [1.54, 1.807) is 12.1 Å². The Balaban J connectivity index is 1.07. The first-order valence-corrected chi connectivity index (χ1v) is 13.1. The van der Waals surface area contributed by atoms with Crippen molar-refractivity contribution in [2.24, 2.45) is 23.7 Å². The molecule has 8 heteroatoms. The van der Waals surface area contributed by atoms with Crippen LogP contribution in [0.4, 0.5) is 0 Å². The molecule has 2 saturated heterocycles. The second-order valence-corrected chi connectivity index (χ2v) is 11.5. The number of hydrogen-bond donors (Lipinski definition) is 0. The standard InChI is InChI=1S/C25H27N3O4S/c29-24-22-19-5-6-20(15-19)23(22)25(30)28(24)14-11-26-9-12-27(13-10-26)33(31,32)21-8-7-17-3-1-2-4-18(17)16-21/h1-8,16,19-20,22-23H,9-15H2/t19-,20+,22-,23-/m0/s1. The molecule has 2 aliphatic carbocycles. The number of rotatable bonds is 5. The molecular formula is C25H27N3O4S. The zero-order valence-electron chi connectivity index (χ0n) is 18.3. The molecule has 6 rings (SSSR count). The van der Waals surface area contributed by atoms with Crippen molar-refractivity contribution >= 4 is 32.6 Å². The number of carbonyl (C=O) groups is 2. The first-order valence-electron chi connectivity index (χ1n) is 11.7. The molecule has 2 amide bonds. The highest BCUT2D eigenvalue weighted by Crippen LogP contribution is 2.52. The van der Waals surface area contributed by atoms with E-state index in [1.807, 2.05) is 30.3 Å². The van der Waals surface area contributed by atoms with Gasteiger partial charge in [-0.05, 0) is 41.2 Å². The Morgan fingerprint density at radius 1 is 0.788 bits per heavy atom. The van der Waals surface area contributed by atoms with E-state index in [-0.39, 0.29) is 35.5 Å². The number of imide groups is 1. The van der Waals surface area contributed by atoms with Gasteiger partial charge in [-0.25, -0.2) is 8.42 Å². The van der Waals surface area contributed by atoms with Crippen LogP contribution in [0.25, 0.3) is 10.8 Å². The fraction of sp³-hybridized carbons (Fsp3) is 0.440. The number of sulfonamides is 1. The number of benzene rings is 2. The maximum Gasteiger partial charge on any atom is 0.243 e. The molecule has 1 saturated carbocycles. The minimum Gasteiger partial charge on any atom is -0.299 e. The maximum atomic E-state index is 13.2. The zero-order valence-corrected chi connectivity index (χ0v) is 19.2. The van der Waals surface area contributed by atoms with Gasteiger partial charge in [-0.15, -0.1) is 0 Å². The Labute approximate surface area is 193 Å². The molecule has 2 heterocycles. The number of carbonyl (C=O) groups excluding carboxylic acids is 2. The number of amides is 2. The van der Waals surface area contributed by atoms with Gasteiger partial charge in [-0.1, -0.05) is 42.5 Å². The van der Waals surface area contributed by atoms with Gasteiger partial charge in [0.05, 0.1) is 16.7 Å². The van der Waals surface area contributed by atoms with Gasteiger partial charge in [-0.2, -0.15) is 4.31 Å². The molecular weight excluding hydrogens is 438 g/mol. The third-order valence-corrected chi connectivity index (χ3v) is 9.79. The minimum atomic E-state index is -3.56. The SMILES string of the molecule is O=C1[C@@H]2[C@@H](C(=O)N1CCN1CCN(S(=O)(=O)c3ccc4ccccc4c3)CC1)[C@H]1C=C[C@@H]2C1. The van der Waals surface area contributed by atoms with E-state index in [4.69, 9.17) is 0 Å². The van der Waals surface area contributed by atoms with E-state index in [1.165, 1.54) is 9.21 Å². The van der Waals surface area contributed by atoms with E-state index in [0.717, 1.165) is 17.2 Å².